The summed E-state index contributed by atoms with van der Waals surface area (Å²) in [6.45, 7) is 11.5. The van der Waals surface area contributed by atoms with E-state index in [-0.39, 0.29) is 0 Å². The maximum absolute atomic E-state index is 5.68. The first-order chi connectivity index (χ1) is 6.64. The summed E-state index contributed by atoms with van der Waals surface area (Å²) in [6, 6.07) is 0. The van der Waals surface area contributed by atoms with Gasteiger partial charge in [-0.25, -0.2) is 0 Å². The average molecular weight is 222 g/mol. The molecule has 0 aromatic heterocycles. The Balaban J connectivity index is 3.82. The van der Waals surface area contributed by atoms with Crippen LogP contribution in [0.5, 0.6) is 0 Å². The molecule has 0 heterocycles. The maximum atomic E-state index is 5.68. The molecule has 0 aromatic rings. The van der Waals surface area contributed by atoms with Gasteiger partial charge in [-0.3, -0.25) is 0 Å². The normalized spacial score (nSPS) is 15.7. The molecule has 1 atom stereocenters. The van der Waals surface area contributed by atoms with Crippen LogP contribution < -0.4 is 0 Å². The molecule has 3 heteroatoms. The van der Waals surface area contributed by atoms with E-state index >= 15 is 0 Å². The summed E-state index contributed by atoms with van der Waals surface area (Å²) in [4.78, 5) is 0. The number of rotatable bonds is 6. The van der Waals surface area contributed by atoms with Crippen LogP contribution in [0.3, 0.4) is 0 Å². The van der Waals surface area contributed by atoms with Crippen molar-refractivity contribution < 1.29 is 4.43 Å². The average Bonchev–Trinajstić information content (AvgIpc) is 1.97. The number of hydrogen-bond donors (Lipinski definition) is 0. The van der Waals surface area contributed by atoms with Gasteiger partial charge in [0, 0.05) is 0 Å². The van der Waals surface area contributed by atoms with Gasteiger partial charge in [-0.1, -0.05) is 0 Å². The van der Waals surface area contributed by atoms with Crippen molar-refractivity contribution in [2.45, 2.75) is 70.5 Å². The SMILES string of the molecule is [Li][C](C)(C)CCCC(CC(C)(C)C)O[SiH3]. The quantitative estimate of drug-likeness (QED) is 0.628. The van der Waals surface area contributed by atoms with Crippen molar-refractivity contribution in [3.63, 3.8) is 0 Å². The van der Waals surface area contributed by atoms with Gasteiger partial charge in [0.25, 0.3) is 0 Å². The molecule has 0 bridgehead atoms. The Bertz CT molecular complexity index is 169. The van der Waals surface area contributed by atoms with Crippen LogP contribution in [0.4, 0.5) is 0 Å². The molecule has 0 saturated heterocycles. The first kappa shape index (κ1) is 15.8. The van der Waals surface area contributed by atoms with Gasteiger partial charge in [0.1, 0.15) is 0 Å². The second-order valence-electron chi connectivity index (χ2n) is 7.08. The van der Waals surface area contributed by atoms with Crippen molar-refractivity contribution in [1.82, 2.24) is 0 Å². The molecule has 0 saturated carbocycles. The third kappa shape index (κ3) is 11.0. The standard InChI is InChI=1S/C12H27OSi.Li/c1-10(2)7-6-8-11(13-14)9-12(3,4)5;/h11H,6-9H2,1-5,14H3;. The van der Waals surface area contributed by atoms with Crippen LogP contribution in [0, 0.1) is 5.41 Å². The fourth-order valence-corrected chi connectivity index (χ4v) is 2.25. The van der Waals surface area contributed by atoms with Crippen molar-refractivity contribution in [3.8, 4) is 0 Å². The molecule has 86 valence electrons. The van der Waals surface area contributed by atoms with Crippen molar-refractivity contribution in [3.05, 3.63) is 0 Å². The predicted octanol–water partition coefficient (Wildman–Crippen LogP) is 2.63. The molecule has 0 radical (unpaired) electrons. The van der Waals surface area contributed by atoms with Crippen molar-refractivity contribution >= 4 is 28.2 Å². The Morgan fingerprint density at radius 2 is 1.73 bits per heavy atom. The van der Waals surface area contributed by atoms with Gasteiger partial charge < -0.3 is 0 Å². The van der Waals surface area contributed by atoms with E-state index in [1.165, 1.54) is 25.7 Å². The van der Waals surface area contributed by atoms with Gasteiger partial charge in [0.15, 0.2) is 0 Å². The molecule has 0 fully saturated rings. The summed E-state index contributed by atoms with van der Waals surface area (Å²) in [5.74, 6) is 0. The van der Waals surface area contributed by atoms with Gasteiger partial charge in [-0.2, -0.15) is 0 Å². The van der Waals surface area contributed by atoms with Crippen LogP contribution in [-0.4, -0.2) is 34.3 Å². The first-order valence-electron chi connectivity index (χ1n) is 6.17. The molecule has 15 heavy (non-hydrogen) atoms. The van der Waals surface area contributed by atoms with Crippen LogP contribution >= 0.6 is 0 Å². The molecule has 1 nitrogen and oxygen atoms in total. The second kappa shape index (κ2) is 6.50. The zero-order chi connectivity index (χ0) is 12.1. The predicted molar refractivity (Wildman–Crippen MR) is 72.5 cm³/mol. The molecule has 0 aliphatic carbocycles. The van der Waals surface area contributed by atoms with Crippen LogP contribution in [0.15, 0.2) is 0 Å². The van der Waals surface area contributed by atoms with E-state index in [0.29, 0.717) is 15.6 Å². The van der Waals surface area contributed by atoms with Crippen molar-refractivity contribution in [2.75, 3.05) is 0 Å². The summed E-state index contributed by atoms with van der Waals surface area (Å²) >= 11 is 2.31. The summed E-state index contributed by atoms with van der Waals surface area (Å²) in [5.41, 5.74) is 0.400. The van der Waals surface area contributed by atoms with E-state index in [1.54, 1.807) is 0 Å². The minimum atomic E-state index is 0.400. The summed E-state index contributed by atoms with van der Waals surface area (Å²) in [5, 5.41) is 0. The van der Waals surface area contributed by atoms with Crippen molar-refractivity contribution in [2.24, 2.45) is 5.41 Å². The van der Waals surface area contributed by atoms with Gasteiger partial charge in [-0.15, -0.1) is 0 Å². The molecule has 0 aromatic carbocycles. The summed E-state index contributed by atoms with van der Waals surface area (Å²) in [6.07, 6.45) is 5.53. The Labute approximate surface area is 108 Å². The Morgan fingerprint density at radius 3 is 2.07 bits per heavy atom. The summed E-state index contributed by atoms with van der Waals surface area (Å²) < 4.78 is 6.15. The molecule has 1 unspecified atom stereocenters. The van der Waals surface area contributed by atoms with Crippen LogP contribution in [0.2, 0.25) is 4.09 Å². The zero-order valence-corrected chi connectivity index (χ0v) is 13.8. The van der Waals surface area contributed by atoms with E-state index in [9.17, 15) is 0 Å². The molecule has 0 N–H and O–H groups in total. The van der Waals surface area contributed by atoms with E-state index in [0.717, 1.165) is 10.5 Å². The minimum absolute atomic E-state index is 0.400. The molecular weight excluding hydrogens is 195 g/mol. The van der Waals surface area contributed by atoms with Crippen LogP contribution in [-0.2, 0) is 4.43 Å². The summed E-state index contributed by atoms with van der Waals surface area (Å²) in [7, 11) is 0.872. The molecule has 0 rings (SSSR count). The van der Waals surface area contributed by atoms with Crippen LogP contribution in [0.25, 0.3) is 0 Å². The van der Waals surface area contributed by atoms with E-state index in [4.69, 9.17) is 4.43 Å². The molecule has 0 aliphatic rings. The van der Waals surface area contributed by atoms with E-state index in [1.807, 2.05) is 0 Å². The van der Waals surface area contributed by atoms with E-state index in [2.05, 4.69) is 52.3 Å². The Morgan fingerprint density at radius 1 is 1.20 bits per heavy atom. The monoisotopic (exact) mass is 222 g/mol. The molecule has 0 aliphatic heterocycles. The third-order valence-electron chi connectivity index (χ3n) is 2.63. The molecular formula is C12H27LiOSi. The van der Waals surface area contributed by atoms with Crippen molar-refractivity contribution in [1.29, 1.82) is 0 Å². The van der Waals surface area contributed by atoms with Gasteiger partial charge in [-0.05, 0) is 0 Å². The van der Waals surface area contributed by atoms with Gasteiger partial charge in [0.2, 0.25) is 0 Å². The zero-order valence-electron chi connectivity index (χ0n) is 11.8. The molecule has 0 spiro atoms. The Kier molecular flexibility index (Phi) is 6.83. The van der Waals surface area contributed by atoms with Gasteiger partial charge >= 0.3 is 109 Å². The van der Waals surface area contributed by atoms with Gasteiger partial charge in [0.05, 0.1) is 0 Å². The fraction of sp³-hybridized carbons (Fsp3) is 1.00. The first-order valence-corrected chi connectivity index (χ1v) is 6.98. The molecule has 0 amide bonds. The fourth-order valence-electron chi connectivity index (χ4n) is 1.85. The van der Waals surface area contributed by atoms with Crippen LogP contribution in [0.1, 0.15) is 60.3 Å². The second-order valence-corrected chi connectivity index (χ2v) is 7.55. The van der Waals surface area contributed by atoms with E-state index < -0.39 is 0 Å². The topological polar surface area (TPSA) is 9.23 Å². The Hall–Kier alpha value is 0.774. The number of hydrogen-bond acceptors (Lipinski definition) is 1. The third-order valence-corrected chi connectivity index (χ3v) is 3.29.